The topological polar surface area (TPSA) is 84.5 Å². The maximum absolute atomic E-state index is 12.4. The second kappa shape index (κ2) is 10.2. The van der Waals surface area contributed by atoms with Gasteiger partial charge in [-0.15, -0.1) is 0 Å². The van der Waals surface area contributed by atoms with Gasteiger partial charge in [-0.3, -0.25) is 10.2 Å². The van der Waals surface area contributed by atoms with E-state index in [9.17, 15) is 4.79 Å². The van der Waals surface area contributed by atoms with Gasteiger partial charge in [-0.05, 0) is 61.6 Å². The molecule has 1 amide bonds. The quantitative estimate of drug-likeness (QED) is 0.602. The van der Waals surface area contributed by atoms with Gasteiger partial charge in [-0.2, -0.15) is 0 Å². The minimum Gasteiger partial charge on any atom is -0.494 e. The minimum absolute atomic E-state index is 0.00505. The van der Waals surface area contributed by atoms with Crippen LogP contribution in [0, 0.1) is 5.92 Å². The van der Waals surface area contributed by atoms with Gasteiger partial charge in [0.15, 0.2) is 0 Å². The van der Waals surface area contributed by atoms with Crippen LogP contribution in [0.5, 0.6) is 17.4 Å². The number of carbonyl (C=O) groups is 1. The number of carbonyl (C=O) groups excluding carboxylic acids is 1. The number of amides is 1. The Labute approximate surface area is 172 Å². The van der Waals surface area contributed by atoms with Gasteiger partial charge in [0, 0.05) is 24.8 Å². The van der Waals surface area contributed by atoms with Crippen LogP contribution >= 0.6 is 0 Å². The number of nitrogens with one attached hydrogen (secondary N) is 3. The van der Waals surface area contributed by atoms with Gasteiger partial charge >= 0.3 is 0 Å². The largest absolute Gasteiger partial charge is 0.494 e. The number of benzene rings is 1. The normalized spacial score (nSPS) is 18.6. The maximum atomic E-state index is 12.4. The molecule has 2 atom stereocenters. The second-order valence-corrected chi connectivity index (χ2v) is 7.63. The number of rotatable bonds is 9. The molecule has 1 aromatic carbocycles. The summed E-state index contributed by atoms with van der Waals surface area (Å²) in [7, 11) is 0. The van der Waals surface area contributed by atoms with Crippen molar-refractivity contribution in [2.45, 2.75) is 52.2 Å². The molecule has 2 unspecified atom stereocenters. The molecule has 7 heteroatoms. The highest BCUT2D eigenvalue weighted by Gasteiger charge is 2.29. The molecule has 0 bridgehead atoms. The third kappa shape index (κ3) is 6.44. The average molecular weight is 399 g/mol. The molecule has 1 aliphatic rings. The van der Waals surface area contributed by atoms with Crippen LogP contribution in [-0.2, 0) is 11.3 Å². The van der Waals surface area contributed by atoms with E-state index in [4.69, 9.17) is 9.47 Å². The van der Waals surface area contributed by atoms with Gasteiger partial charge in [-0.1, -0.05) is 13.8 Å². The summed E-state index contributed by atoms with van der Waals surface area (Å²) in [6.07, 6.45) is 3.53. The lowest BCUT2D eigenvalue weighted by Gasteiger charge is -2.12. The fourth-order valence-electron chi connectivity index (χ4n) is 3.34. The molecule has 1 saturated heterocycles. The number of ether oxygens (including phenoxy) is 2. The Balaban J connectivity index is 1.50. The first-order chi connectivity index (χ1) is 14.0. The van der Waals surface area contributed by atoms with Crippen LogP contribution < -0.4 is 25.6 Å². The zero-order chi connectivity index (χ0) is 20.6. The van der Waals surface area contributed by atoms with Crippen molar-refractivity contribution in [2.75, 3.05) is 6.61 Å². The van der Waals surface area contributed by atoms with Gasteiger partial charge in [-0.25, -0.2) is 10.4 Å². The maximum Gasteiger partial charge on any atom is 0.238 e. The Kier molecular flexibility index (Phi) is 7.43. The molecular weight excluding hydrogens is 368 g/mol. The summed E-state index contributed by atoms with van der Waals surface area (Å²) in [6, 6.07) is 11.2. The highest BCUT2D eigenvalue weighted by Crippen LogP contribution is 2.23. The molecule has 0 radical (unpaired) electrons. The van der Waals surface area contributed by atoms with Crippen LogP contribution in [0.4, 0.5) is 0 Å². The van der Waals surface area contributed by atoms with Crippen molar-refractivity contribution >= 4 is 5.91 Å². The molecule has 3 N–H and O–H groups in total. The molecule has 0 aliphatic carbocycles. The van der Waals surface area contributed by atoms with E-state index in [1.54, 1.807) is 6.20 Å². The number of hydrogen-bond donors (Lipinski definition) is 3. The monoisotopic (exact) mass is 398 g/mol. The summed E-state index contributed by atoms with van der Waals surface area (Å²) < 4.78 is 11.2. The smallest absolute Gasteiger partial charge is 0.238 e. The van der Waals surface area contributed by atoms with Crippen molar-refractivity contribution in [3.8, 4) is 17.4 Å². The van der Waals surface area contributed by atoms with E-state index < -0.39 is 0 Å². The summed E-state index contributed by atoms with van der Waals surface area (Å²) in [5.74, 6) is 2.56. The highest BCUT2D eigenvalue weighted by atomic mass is 16.5. The Bertz CT molecular complexity index is 795. The zero-order valence-corrected chi connectivity index (χ0v) is 17.3. The van der Waals surface area contributed by atoms with E-state index >= 15 is 0 Å². The first kappa shape index (κ1) is 21.1. The minimum atomic E-state index is -0.208. The molecule has 1 aliphatic heterocycles. The van der Waals surface area contributed by atoms with E-state index in [1.807, 2.05) is 43.3 Å². The zero-order valence-electron chi connectivity index (χ0n) is 17.3. The molecule has 156 valence electrons. The molecule has 1 fully saturated rings. The molecule has 2 heterocycles. The Morgan fingerprint density at radius 1 is 1.21 bits per heavy atom. The van der Waals surface area contributed by atoms with E-state index in [0.29, 0.717) is 36.7 Å². The van der Waals surface area contributed by atoms with Crippen LogP contribution in [0.2, 0.25) is 0 Å². The van der Waals surface area contributed by atoms with Gasteiger partial charge in [0.2, 0.25) is 11.8 Å². The Hall–Kier alpha value is -2.64. The van der Waals surface area contributed by atoms with Gasteiger partial charge < -0.3 is 14.8 Å². The van der Waals surface area contributed by atoms with Crippen molar-refractivity contribution < 1.29 is 14.3 Å². The second-order valence-electron chi connectivity index (χ2n) is 7.63. The van der Waals surface area contributed by atoms with Crippen molar-refractivity contribution in [1.29, 1.82) is 0 Å². The number of pyridine rings is 1. The van der Waals surface area contributed by atoms with Crippen LogP contribution in [-0.4, -0.2) is 29.6 Å². The van der Waals surface area contributed by atoms with E-state index in [1.165, 1.54) is 0 Å². The number of aromatic nitrogens is 1. The Morgan fingerprint density at radius 2 is 1.97 bits per heavy atom. The molecule has 7 nitrogen and oxygen atoms in total. The average Bonchev–Trinajstić information content (AvgIpc) is 3.16. The first-order valence-corrected chi connectivity index (χ1v) is 10.2. The number of hydrogen-bond acceptors (Lipinski definition) is 6. The molecular formula is C22H30N4O3. The van der Waals surface area contributed by atoms with Crippen LogP contribution in [0.25, 0.3) is 0 Å². The Morgan fingerprint density at radius 3 is 2.69 bits per heavy atom. The molecule has 0 saturated carbocycles. The summed E-state index contributed by atoms with van der Waals surface area (Å²) in [5, 5.41) is 2.99. The lowest BCUT2D eigenvalue weighted by molar-refractivity contribution is -0.123. The van der Waals surface area contributed by atoms with Gasteiger partial charge in [0.25, 0.3) is 0 Å². The summed E-state index contributed by atoms with van der Waals surface area (Å²) >= 11 is 0. The van der Waals surface area contributed by atoms with Crippen molar-refractivity contribution in [1.82, 2.24) is 21.2 Å². The SMILES string of the molecule is CCOc1ccc(Oc2cc(CNC(=O)C3CC(CC(C)C)NN3)ccn2)cc1. The summed E-state index contributed by atoms with van der Waals surface area (Å²) in [5.41, 5.74) is 7.24. The van der Waals surface area contributed by atoms with Crippen molar-refractivity contribution in [2.24, 2.45) is 5.92 Å². The molecule has 29 heavy (non-hydrogen) atoms. The third-order valence-electron chi connectivity index (χ3n) is 4.68. The fourth-order valence-corrected chi connectivity index (χ4v) is 3.34. The standard InChI is InChI=1S/C22H30N4O3/c1-4-28-18-5-7-19(8-6-18)29-21-12-16(9-10-23-21)14-24-22(27)20-13-17(25-26-20)11-15(2)3/h5-10,12,15,17,20,25-26H,4,11,13-14H2,1-3H3,(H,24,27). The van der Waals surface area contributed by atoms with E-state index in [2.05, 4.69) is 35.0 Å². The number of nitrogens with zero attached hydrogens (tertiary/aromatic N) is 1. The summed E-state index contributed by atoms with van der Waals surface area (Å²) in [6.45, 7) is 7.37. The molecule has 1 aromatic heterocycles. The van der Waals surface area contributed by atoms with Crippen molar-refractivity contribution in [3.05, 3.63) is 48.2 Å². The number of hydrazine groups is 1. The van der Waals surface area contributed by atoms with E-state index in [-0.39, 0.29) is 11.9 Å². The summed E-state index contributed by atoms with van der Waals surface area (Å²) in [4.78, 5) is 16.7. The molecule has 2 aromatic rings. The molecule has 3 rings (SSSR count). The first-order valence-electron chi connectivity index (χ1n) is 10.2. The predicted molar refractivity (Wildman–Crippen MR) is 112 cm³/mol. The lowest BCUT2D eigenvalue weighted by Crippen LogP contribution is -2.43. The molecule has 0 spiro atoms. The van der Waals surface area contributed by atoms with Crippen LogP contribution in [0.15, 0.2) is 42.6 Å². The van der Waals surface area contributed by atoms with Gasteiger partial charge in [0.05, 0.1) is 6.61 Å². The highest BCUT2D eigenvalue weighted by molar-refractivity contribution is 5.82. The predicted octanol–water partition coefficient (Wildman–Crippen LogP) is 3.17. The fraction of sp³-hybridized carbons (Fsp3) is 0.455. The van der Waals surface area contributed by atoms with Crippen molar-refractivity contribution in [3.63, 3.8) is 0 Å². The lowest BCUT2D eigenvalue weighted by atomic mass is 10.00. The van der Waals surface area contributed by atoms with Crippen LogP contribution in [0.1, 0.15) is 39.2 Å². The van der Waals surface area contributed by atoms with E-state index in [0.717, 1.165) is 24.2 Å². The van der Waals surface area contributed by atoms with Crippen LogP contribution in [0.3, 0.4) is 0 Å². The van der Waals surface area contributed by atoms with Gasteiger partial charge in [0.1, 0.15) is 17.5 Å². The third-order valence-corrected chi connectivity index (χ3v) is 4.68.